The third-order valence-electron chi connectivity index (χ3n) is 3.62. The van der Waals surface area contributed by atoms with Gasteiger partial charge >= 0.3 is 0 Å². The van der Waals surface area contributed by atoms with Crippen LogP contribution in [0, 0.1) is 5.92 Å². The van der Waals surface area contributed by atoms with Gasteiger partial charge in [0.05, 0.1) is 20.1 Å². The number of hydrogen-bond donors (Lipinski definition) is 1. The van der Waals surface area contributed by atoms with E-state index in [-0.39, 0.29) is 11.4 Å². The Hall–Kier alpha value is -1.78. The van der Waals surface area contributed by atoms with Crippen LogP contribution in [-0.2, 0) is 22.4 Å². The molecule has 2 rings (SSSR count). The van der Waals surface area contributed by atoms with Gasteiger partial charge in [-0.15, -0.1) is 0 Å². The Morgan fingerprint density at radius 3 is 2.13 bits per heavy atom. The summed E-state index contributed by atoms with van der Waals surface area (Å²) in [5, 5.41) is 3.47. The molecule has 0 amide bonds. The van der Waals surface area contributed by atoms with Crippen LogP contribution in [0.5, 0.6) is 0 Å². The van der Waals surface area contributed by atoms with Crippen LogP contribution in [0.25, 0.3) is 0 Å². The fraction of sp³-hybridized carbons (Fsp3) is 0.474. The first-order valence-electron chi connectivity index (χ1n) is 8.07. The Kier molecular flexibility index (Phi) is 10.8. The highest BCUT2D eigenvalue weighted by Crippen LogP contribution is 2.25. The summed E-state index contributed by atoms with van der Waals surface area (Å²) in [5.74, 6) is 1.98. The molecule has 0 aromatic heterocycles. The van der Waals surface area contributed by atoms with Gasteiger partial charge in [0.15, 0.2) is 5.76 Å². The molecule has 1 aromatic carbocycles. The molecule has 1 atom stereocenters. The predicted octanol–water partition coefficient (Wildman–Crippen LogP) is 3.23. The van der Waals surface area contributed by atoms with E-state index in [0.717, 1.165) is 31.0 Å². The molecule has 1 aliphatic rings. The van der Waals surface area contributed by atoms with Crippen LogP contribution >= 0.6 is 0 Å². The van der Waals surface area contributed by atoms with E-state index < -0.39 is 0 Å². The highest BCUT2D eigenvalue weighted by atomic mass is 16.5. The quantitative estimate of drug-likeness (QED) is 0.838. The number of hydrogen-bond acceptors (Lipinski definition) is 3. The number of aryl methyl sites for hydroxylation is 1. The van der Waals surface area contributed by atoms with E-state index >= 15 is 0 Å². The van der Waals surface area contributed by atoms with Crippen LogP contribution in [0.15, 0.2) is 47.9 Å². The van der Waals surface area contributed by atoms with E-state index in [2.05, 4.69) is 42.6 Å². The van der Waals surface area contributed by atoms with E-state index in [0.29, 0.717) is 0 Å². The smallest absolute Gasteiger partial charge is 0.156 e. The molecule has 0 fully saturated rings. The van der Waals surface area contributed by atoms with Gasteiger partial charge in [-0.3, -0.25) is 0 Å². The number of methoxy groups -OCH3 is 2. The van der Waals surface area contributed by atoms with Gasteiger partial charge in [0.2, 0.25) is 0 Å². The second kappa shape index (κ2) is 11.7. The van der Waals surface area contributed by atoms with E-state index in [1.54, 1.807) is 14.2 Å². The van der Waals surface area contributed by atoms with Gasteiger partial charge in [-0.1, -0.05) is 51.1 Å². The van der Waals surface area contributed by atoms with E-state index in [9.17, 15) is 0 Å². The number of nitrogens with one attached hydrogen (secondary N) is 1. The van der Waals surface area contributed by atoms with Crippen molar-refractivity contribution >= 4 is 0 Å². The lowest BCUT2D eigenvalue weighted by Gasteiger charge is -2.14. The molecule has 1 aromatic rings. The van der Waals surface area contributed by atoms with Crippen LogP contribution in [-0.4, -0.2) is 26.2 Å². The fourth-order valence-corrected chi connectivity index (χ4v) is 2.40. The summed E-state index contributed by atoms with van der Waals surface area (Å²) in [5.41, 5.74) is 2.68. The molecule has 130 valence electrons. The topological polar surface area (TPSA) is 62.0 Å². The summed E-state index contributed by atoms with van der Waals surface area (Å²) in [7, 11) is 3.36. The van der Waals surface area contributed by atoms with Crippen LogP contribution in [0.3, 0.4) is 0 Å². The second-order valence-electron chi connectivity index (χ2n) is 4.90. The first-order valence-corrected chi connectivity index (χ1v) is 8.07. The molecular formula is C19H31NO3. The number of rotatable bonds is 7. The molecule has 1 aliphatic carbocycles. The minimum atomic E-state index is 0. The molecule has 0 radical (unpaired) electrons. The summed E-state index contributed by atoms with van der Waals surface area (Å²) in [6.45, 7) is 7.89. The second-order valence-corrected chi connectivity index (χ2v) is 4.90. The molecule has 0 saturated carbocycles. The van der Waals surface area contributed by atoms with Crippen molar-refractivity contribution in [2.45, 2.75) is 33.7 Å². The van der Waals surface area contributed by atoms with Crippen molar-refractivity contribution in [2.24, 2.45) is 5.92 Å². The largest absolute Gasteiger partial charge is 0.497 e. The molecule has 0 heterocycles. The number of ether oxygens (including phenoxy) is 2. The average Bonchev–Trinajstić information content (AvgIpc) is 2.99. The maximum absolute atomic E-state index is 5.41. The molecule has 0 aliphatic heterocycles. The highest BCUT2D eigenvalue weighted by Gasteiger charge is 2.21. The third-order valence-corrected chi connectivity index (χ3v) is 3.62. The van der Waals surface area contributed by atoms with Crippen molar-refractivity contribution in [1.82, 2.24) is 5.32 Å². The molecule has 0 saturated heterocycles. The van der Waals surface area contributed by atoms with Crippen LogP contribution in [0.1, 0.15) is 31.9 Å². The fourth-order valence-electron chi connectivity index (χ4n) is 2.40. The standard InChI is InChI=1S/C17H23NO2.C2H6.H2O/c1-4-13-5-7-14(8-6-13)11-18-12-15-9-10-16(19-2)17(15)20-3;1-2;/h5-10,15,18H,4,11-12H2,1-3H3;1-2H3;1H2. The molecular weight excluding hydrogens is 290 g/mol. The van der Waals surface area contributed by atoms with Crippen molar-refractivity contribution in [3.05, 3.63) is 59.1 Å². The Bertz CT molecular complexity index is 492. The average molecular weight is 321 g/mol. The number of benzene rings is 1. The Morgan fingerprint density at radius 2 is 1.61 bits per heavy atom. The van der Waals surface area contributed by atoms with Crippen molar-refractivity contribution in [1.29, 1.82) is 0 Å². The highest BCUT2D eigenvalue weighted by molar-refractivity contribution is 5.30. The summed E-state index contributed by atoms with van der Waals surface area (Å²) in [6, 6.07) is 8.75. The lowest BCUT2D eigenvalue weighted by molar-refractivity contribution is 0.212. The Morgan fingerprint density at radius 1 is 1.00 bits per heavy atom. The van der Waals surface area contributed by atoms with Crippen LogP contribution in [0.2, 0.25) is 0 Å². The van der Waals surface area contributed by atoms with Gasteiger partial charge in [-0.25, -0.2) is 0 Å². The summed E-state index contributed by atoms with van der Waals surface area (Å²) < 4.78 is 10.7. The van der Waals surface area contributed by atoms with Crippen molar-refractivity contribution in [2.75, 3.05) is 20.8 Å². The molecule has 23 heavy (non-hydrogen) atoms. The van der Waals surface area contributed by atoms with Crippen molar-refractivity contribution in [3.63, 3.8) is 0 Å². The van der Waals surface area contributed by atoms with Gasteiger partial charge in [0.25, 0.3) is 0 Å². The lowest BCUT2D eigenvalue weighted by Crippen LogP contribution is -2.22. The molecule has 1 unspecified atom stereocenters. The van der Waals surface area contributed by atoms with Gasteiger partial charge in [0.1, 0.15) is 5.76 Å². The molecule has 4 heteroatoms. The van der Waals surface area contributed by atoms with E-state index in [1.165, 1.54) is 11.1 Å². The monoisotopic (exact) mass is 321 g/mol. The zero-order valence-electron chi connectivity index (χ0n) is 15.0. The third kappa shape index (κ3) is 6.08. The molecule has 4 nitrogen and oxygen atoms in total. The van der Waals surface area contributed by atoms with Gasteiger partial charge in [0, 0.05) is 13.1 Å². The van der Waals surface area contributed by atoms with Gasteiger partial charge in [-0.05, 0) is 23.6 Å². The van der Waals surface area contributed by atoms with E-state index in [1.807, 2.05) is 19.9 Å². The van der Waals surface area contributed by atoms with E-state index in [4.69, 9.17) is 9.47 Å². The number of allylic oxidation sites excluding steroid dienone is 1. The summed E-state index contributed by atoms with van der Waals surface area (Å²) >= 11 is 0. The van der Waals surface area contributed by atoms with Crippen molar-refractivity contribution < 1.29 is 14.9 Å². The maximum atomic E-state index is 5.41. The minimum absolute atomic E-state index is 0. The lowest BCUT2D eigenvalue weighted by atomic mass is 10.1. The Balaban J connectivity index is 0.00000155. The van der Waals surface area contributed by atoms with Gasteiger partial charge in [-0.2, -0.15) is 0 Å². The first-order chi connectivity index (χ1) is 10.8. The predicted molar refractivity (Wildman–Crippen MR) is 96.2 cm³/mol. The zero-order chi connectivity index (χ0) is 16.4. The first kappa shape index (κ1) is 21.2. The van der Waals surface area contributed by atoms with Crippen LogP contribution in [0.4, 0.5) is 0 Å². The van der Waals surface area contributed by atoms with Gasteiger partial charge < -0.3 is 20.3 Å². The Labute approximate surface area is 140 Å². The molecule has 0 spiro atoms. The minimum Gasteiger partial charge on any atom is -0.497 e. The van der Waals surface area contributed by atoms with Crippen molar-refractivity contribution in [3.8, 4) is 0 Å². The SMILES string of the molecule is CC.CCc1ccc(CNCC2C=CC(OC)=C2OC)cc1.O. The summed E-state index contributed by atoms with van der Waals surface area (Å²) in [4.78, 5) is 0. The summed E-state index contributed by atoms with van der Waals surface area (Å²) in [6.07, 6.45) is 5.18. The zero-order valence-corrected chi connectivity index (χ0v) is 15.0. The molecule has 0 bridgehead atoms. The normalized spacial score (nSPS) is 15.6. The molecule has 3 N–H and O–H groups in total. The van der Waals surface area contributed by atoms with Crippen LogP contribution < -0.4 is 5.32 Å². The maximum Gasteiger partial charge on any atom is 0.156 e.